The lowest BCUT2D eigenvalue weighted by Gasteiger charge is -2.18. The van der Waals surface area contributed by atoms with E-state index in [0.717, 1.165) is 10.9 Å². The summed E-state index contributed by atoms with van der Waals surface area (Å²) in [6.45, 7) is 5.60. The van der Waals surface area contributed by atoms with Gasteiger partial charge in [0.05, 0.1) is 13.2 Å². The van der Waals surface area contributed by atoms with E-state index >= 15 is 0 Å². The molecule has 0 atom stereocenters. The van der Waals surface area contributed by atoms with Crippen molar-refractivity contribution in [1.82, 2.24) is 0 Å². The van der Waals surface area contributed by atoms with Crippen molar-refractivity contribution < 1.29 is 23.4 Å². The van der Waals surface area contributed by atoms with Crippen LogP contribution in [0.4, 0.5) is 0 Å². The van der Waals surface area contributed by atoms with Gasteiger partial charge in [0, 0.05) is 23.1 Å². The summed E-state index contributed by atoms with van der Waals surface area (Å²) in [5, 5.41) is 0.819. The molecule has 0 bridgehead atoms. The number of hydrogen-bond donors (Lipinski definition) is 0. The first kappa shape index (κ1) is 18.5. The van der Waals surface area contributed by atoms with Gasteiger partial charge in [-0.3, -0.25) is 4.79 Å². The number of aryl methyl sites for hydroxylation is 1. The summed E-state index contributed by atoms with van der Waals surface area (Å²) in [5.74, 6) is 1.56. The minimum atomic E-state index is -0.425. The van der Waals surface area contributed by atoms with Crippen molar-refractivity contribution in [2.75, 3.05) is 7.11 Å². The molecule has 3 aromatic rings. The molecule has 3 rings (SSSR count). The Morgan fingerprint density at radius 2 is 1.81 bits per heavy atom. The summed E-state index contributed by atoms with van der Waals surface area (Å²) in [4.78, 5) is 22.9. The number of methoxy groups -OCH3 is 1. The van der Waals surface area contributed by atoms with Gasteiger partial charge in [-0.1, -0.05) is 0 Å². The van der Waals surface area contributed by atoms with E-state index in [1.165, 1.54) is 13.2 Å². The van der Waals surface area contributed by atoms with E-state index in [9.17, 15) is 9.59 Å². The lowest BCUT2D eigenvalue weighted by molar-refractivity contribution is 0.112. The van der Waals surface area contributed by atoms with Gasteiger partial charge in [0.2, 0.25) is 5.75 Å². The van der Waals surface area contributed by atoms with Crippen molar-refractivity contribution in [3.63, 3.8) is 0 Å². The number of fused-ring (bicyclic) bond motifs is 1. The molecule has 2 aromatic carbocycles. The Morgan fingerprint density at radius 3 is 2.48 bits per heavy atom. The minimum absolute atomic E-state index is 0.124. The molecule has 27 heavy (non-hydrogen) atoms. The molecule has 6 heteroatoms. The molecule has 0 spiro atoms. The van der Waals surface area contributed by atoms with Crippen LogP contribution in [-0.4, -0.2) is 19.5 Å². The van der Waals surface area contributed by atoms with Crippen LogP contribution in [0.1, 0.15) is 29.8 Å². The van der Waals surface area contributed by atoms with Crippen LogP contribution in [-0.2, 0) is 0 Å². The number of carbonyl (C=O) groups excluding carboxylic acids is 1. The number of hydrogen-bond acceptors (Lipinski definition) is 6. The molecule has 0 amide bonds. The number of rotatable bonds is 6. The zero-order valence-corrected chi connectivity index (χ0v) is 15.6. The van der Waals surface area contributed by atoms with Gasteiger partial charge in [-0.15, -0.1) is 0 Å². The van der Waals surface area contributed by atoms with Crippen LogP contribution in [0, 0.1) is 6.92 Å². The number of benzene rings is 2. The van der Waals surface area contributed by atoms with Gasteiger partial charge in [0.1, 0.15) is 17.6 Å². The average Bonchev–Trinajstić information content (AvgIpc) is 2.62. The zero-order chi connectivity index (χ0) is 19.6. The highest BCUT2D eigenvalue weighted by Crippen LogP contribution is 2.41. The van der Waals surface area contributed by atoms with Crippen LogP contribution < -0.4 is 19.8 Å². The molecule has 0 radical (unpaired) electrons. The van der Waals surface area contributed by atoms with Gasteiger partial charge in [0.15, 0.2) is 11.5 Å². The molecule has 1 aromatic heterocycles. The second kappa shape index (κ2) is 7.53. The van der Waals surface area contributed by atoms with E-state index in [0.29, 0.717) is 40.4 Å². The zero-order valence-electron chi connectivity index (χ0n) is 15.6. The molecule has 0 saturated heterocycles. The molecule has 0 unspecified atom stereocenters. The summed E-state index contributed by atoms with van der Waals surface area (Å²) in [6, 6.07) is 9.80. The van der Waals surface area contributed by atoms with Crippen LogP contribution in [0.2, 0.25) is 0 Å². The van der Waals surface area contributed by atoms with Gasteiger partial charge in [-0.05, 0) is 50.6 Å². The fourth-order valence-corrected chi connectivity index (χ4v) is 2.74. The van der Waals surface area contributed by atoms with Crippen molar-refractivity contribution in [1.29, 1.82) is 0 Å². The van der Waals surface area contributed by atoms with E-state index in [1.807, 2.05) is 26.8 Å². The van der Waals surface area contributed by atoms with Crippen molar-refractivity contribution in [3.8, 4) is 23.0 Å². The maximum Gasteiger partial charge on any atom is 0.336 e. The van der Waals surface area contributed by atoms with E-state index in [2.05, 4.69) is 0 Å². The van der Waals surface area contributed by atoms with E-state index < -0.39 is 5.63 Å². The lowest BCUT2D eigenvalue weighted by Crippen LogP contribution is -2.08. The smallest absolute Gasteiger partial charge is 0.336 e. The van der Waals surface area contributed by atoms with Crippen LogP contribution in [0.25, 0.3) is 11.0 Å². The molecule has 0 fully saturated rings. The topological polar surface area (TPSA) is 75.0 Å². The van der Waals surface area contributed by atoms with Gasteiger partial charge in [-0.25, -0.2) is 4.79 Å². The SMILES string of the molecule is COc1cc(C=O)cc(Oc2ccc3c(C)cc(=O)oc3c2)c1OC(C)C. The molecule has 0 aliphatic rings. The van der Waals surface area contributed by atoms with E-state index in [1.54, 1.807) is 24.3 Å². The Labute approximate surface area is 156 Å². The predicted molar refractivity (Wildman–Crippen MR) is 101 cm³/mol. The number of ether oxygens (including phenoxy) is 3. The second-order valence-corrected chi connectivity index (χ2v) is 6.34. The monoisotopic (exact) mass is 368 g/mol. The minimum Gasteiger partial charge on any atom is -0.493 e. The van der Waals surface area contributed by atoms with Crippen molar-refractivity contribution in [3.05, 3.63) is 57.9 Å². The lowest BCUT2D eigenvalue weighted by atomic mass is 10.1. The standard InChI is InChI=1S/C21H20O6/c1-12(2)25-21-18(24-4)8-14(11-22)9-19(21)26-15-5-6-16-13(3)7-20(23)27-17(16)10-15/h5-12H,1-4H3. The molecule has 1 heterocycles. The Hall–Kier alpha value is -3.28. The van der Waals surface area contributed by atoms with Gasteiger partial charge < -0.3 is 18.6 Å². The summed E-state index contributed by atoms with van der Waals surface area (Å²) < 4.78 is 22.4. The highest BCUT2D eigenvalue weighted by Gasteiger charge is 2.17. The Kier molecular flexibility index (Phi) is 5.16. The molecule has 0 aliphatic carbocycles. The molecule has 140 valence electrons. The van der Waals surface area contributed by atoms with Gasteiger partial charge in [0.25, 0.3) is 0 Å². The Bertz CT molecular complexity index is 1050. The molecule has 6 nitrogen and oxygen atoms in total. The van der Waals surface area contributed by atoms with Gasteiger partial charge in [-0.2, -0.15) is 0 Å². The summed E-state index contributed by atoms with van der Waals surface area (Å²) >= 11 is 0. The second-order valence-electron chi connectivity index (χ2n) is 6.34. The summed E-state index contributed by atoms with van der Waals surface area (Å²) in [7, 11) is 1.49. The average molecular weight is 368 g/mol. The third-order valence-corrected chi connectivity index (χ3v) is 3.90. The molecule has 0 saturated carbocycles. The van der Waals surface area contributed by atoms with Crippen LogP contribution in [0.3, 0.4) is 0 Å². The van der Waals surface area contributed by atoms with Crippen LogP contribution >= 0.6 is 0 Å². The Morgan fingerprint density at radius 1 is 1.07 bits per heavy atom. The first-order chi connectivity index (χ1) is 12.9. The molecular formula is C21H20O6. The molecule has 0 N–H and O–H groups in total. The first-order valence-electron chi connectivity index (χ1n) is 8.47. The third kappa shape index (κ3) is 3.95. The van der Waals surface area contributed by atoms with Crippen molar-refractivity contribution in [2.45, 2.75) is 26.9 Å². The fraction of sp³-hybridized carbons (Fsp3) is 0.238. The highest BCUT2D eigenvalue weighted by atomic mass is 16.5. The van der Waals surface area contributed by atoms with Crippen LogP contribution in [0.15, 0.2) is 45.6 Å². The third-order valence-electron chi connectivity index (χ3n) is 3.90. The summed E-state index contributed by atoms with van der Waals surface area (Å²) in [6.07, 6.45) is 0.581. The molecular weight excluding hydrogens is 348 g/mol. The van der Waals surface area contributed by atoms with E-state index in [4.69, 9.17) is 18.6 Å². The normalized spacial score (nSPS) is 10.9. The van der Waals surface area contributed by atoms with E-state index in [-0.39, 0.29) is 6.10 Å². The summed E-state index contributed by atoms with van der Waals surface area (Å²) in [5.41, 5.74) is 1.20. The fourth-order valence-electron chi connectivity index (χ4n) is 2.74. The highest BCUT2D eigenvalue weighted by molar-refractivity contribution is 5.82. The maximum atomic E-state index is 11.6. The van der Waals surface area contributed by atoms with Crippen molar-refractivity contribution in [2.24, 2.45) is 0 Å². The van der Waals surface area contributed by atoms with Crippen molar-refractivity contribution >= 4 is 17.3 Å². The quantitative estimate of drug-likeness (QED) is 0.471. The number of carbonyl (C=O) groups is 1. The molecule has 0 aliphatic heterocycles. The number of aldehydes is 1. The van der Waals surface area contributed by atoms with Crippen LogP contribution in [0.5, 0.6) is 23.0 Å². The predicted octanol–water partition coefficient (Wildman–Crippen LogP) is 4.50. The first-order valence-corrected chi connectivity index (χ1v) is 8.47. The Balaban J connectivity index is 2.09. The largest absolute Gasteiger partial charge is 0.493 e. The van der Waals surface area contributed by atoms with Gasteiger partial charge >= 0.3 is 5.63 Å². The maximum absolute atomic E-state index is 11.6.